The van der Waals surface area contributed by atoms with Gasteiger partial charge in [-0.15, -0.1) is 0 Å². The number of anilines is 2. The van der Waals surface area contributed by atoms with Crippen LogP contribution in [0.15, 0.2) is 18.2 Å². The predicted octanol–water partition coefficient (Wildman–Crippen LogP) is 1.26. The van der Waals surface area contributed by atoms with Crippen molar-refractivity contribution in [3.05, 3.63) is 23.8 Å². The minimum atomic E-state index is -0.898. The van der Waals surface area contributed by atoms with Crippen LogP contribution in [0.2, 0.25) is 0 Å². The Morgan fingerprint density at radius 3 is 3.12 bits per heavy atom. The minimum Gasteiger partial charge on any atom is -0.478 e. The maximum Gasteiger partial charge on any atom is 0.335 e. The normalized spacial score (nSPS) is 14.1. The van der Waals surface area contributed by atoms with Gasteiger partial charge >= 0.3 is 5.97 Å². The number of benzene rings is 1. The largest absolute Gasteiger partial charge is 0.478 e. The van der Waals surface area contributed by atoms with Gasteiger partial charge in [-0.2, -0.15) is 0 Å². The molecule has 17 heavy (non-hydrogen) atoms. The van der Waals surface area contributed by atoms with Gasteiger partial charge in [-0.3, -0.25) is 0 Å². The van der Waals surface area contributed by atoms with E-state index in [0.717, 1.165) is 31.0 Å². The van der Waals surface area contributed by atoms with Gasteiger partial charge in [-0.05, 0) is 18.2 Å². The molecule has 1 heterocycles. The lowest BCUT2D eigenvalue weighted by molar-refractivity contribution is 0.0697. The quantitative estimate of drug-likeness (QED) is 0.824. The summed E-state index contributed by atoms with van der Waals surface area (Å²) >= 11 is 0. The zero-order chi connectivity index (χ0) is 12.3. The number of rotatable bonds is 4. The lowest BCUT2D eigenvalue weighted by Gasteiger charge is -2.32. The van der Waals surface area contributed by atoms with Crippen LogP contribution in [-0.4, -0.2) is 44.4 Å². The summed E-state index contributed by atoms with van der Waals surface area (Å²) in [4.78, 5) is 13.1. The topological polar surface area (TPSA) is 61.8 Å². The highest BCUT2D eigenvalue weighted by atomic mass is 16.5. The fraction of sp³-hybridized carbons (Fsp3) is 0.417. The van der Waals surface area contributed by atoms with Crippen LogP contribution in [0.3, 0.4) is 0 Å². The van der Waals surface area contributed by atoms with E-state index < -0.39 is 5.97 Å². The number of carbonyl (C=O) groups is 1. The number of methoxy groups -OCH3 is 1. The number of carboxylic acids is 1. The van der Waals surface area contributed by atoms with Crippen LogP contribution in [0.25, 0.3) is 0 Å². The highest BCUT2D eigenvalue weighted by molar-refractivity contribution is 5.91. The summed E-state index contributed by atoms with van der Waals surface area (Å²) in [6, 6.07) is 5.14. The Bertz CT molecular complexity index is 420. The first-order valence-corrected chi connectivity index (χ1v) is 5.57. The number of ether oxygens (including phenoxy) is 1. The molecule has 0 amide bonds. The second kappa shape index (κ2) is 5.05. The fourth-order valence-electron chi connectivity index (χ4n) is 1.96. The van der Waals surface area contributed by atoms with Crippen LogP contribution >= 0.6 is 0 Å². The summed E-state index contributed by atoms with van der Waals surface area (Å²) in [6.07, 6.45) is 0. The molecular formula is C12H16N2O3. The highest BCUT2D eigenvalue weighted by Crippen LogP contribution is 2.29. The van der Waals surface area contributed by atoms with Crippen molar-refractivity contribution < 1.29 is 14.6 Å². The number of aromatic carboxylic acids is 1. The van der Waals surface area contributed by atoms with Gasteiger partial charge in [0.25, 0.3) is 0 Å². The molecule has 1 aromatic rings. The number of hydrogen-bond donors (Lipinski definition) is 2. The van der Waals surface area contributed by atoms with Gasteiger partial charge in [0.05, 0.1) is 23.5 Å². The van der Waals surface area contributed by atoms with E-state index in [1.807, 2.05) is 6.07 Å². The van der Waals surface area contributed by atoms with Crippen molar-refractivity contribution in [3.63, 3.8) is 0 Å². The molecule has 0 saturated heterocycles. The van der Waals surface area contributed by atoms with E-state index in [1.165, 1.54) is 0 Å². The van der Waals surface area contributed by atoms with Gasteiger partial charge in [0.15, 0.2) is 0 Å². The number of fused-ring (bicyclic) bond motifs is 1. The van der Waals surface area contributed by atoms with Gasteiger partial charge in [0.1, 0.15) is 0 Å². The van der Waals surface area contributed by atoms with E-state index >= 15 is 0 Å². The zero-order valence-electron chi connectivity index (χ0n) is 9.77. The van der Waals surface area contributed by atoms with Crippen molar-refractivity contribution in [3.8, 4) is 0 Å². The predicted molar refractivity (Wildman–Crippen MR) is 66.0 cm³/mol. The van der Waals surface area contributed by atoms with E-state index in [4.69, 9.17) is 9.84 Å². The molecule has 92 valence electrons. The number of nitrogens with zero attached hydrogens (tertiary/aromatic N) is 1. The molecule has 0 unspecified atom stereocenters. The van der Waals surface area contributed by atoms with Crippen molar-refractivity contribution in [1.82, 2.24) is 0 Å². The Morgan fingerprint density at radius 1 is 1.59 bits per heavy atom. The average Bonchev–Trinajstić information content (AvgIpc) is 2.35. The van der Waals surface area contributed by atoms with Crippen molar-refractivity contribution in [1.29, 1.82) is 0 Å². The molecule has 0 aromatic heterocycles. The molecule has 2 rings (SSSR count). The minimum absolute atomic E-state index is 0.315. The molecular weight excluding hydrogens is 220 g/mol. The van der Waals surface area contributed by atoms with Crippen LogP contribution in [0, 0.1) is 0 Å². The van der Waals surface area contributed by atoms with Gasteiger partial charge in [-0.1, -0.05) is 0 Å². The third-order valence-corrected chi connectivity index (χ3v) is 2.85. The smallest absolute Gasteiger partial charge is 0.335 e. The van der Waals surface area contributed by atoms with Gasteiger partial charge in [0.2, 0.25) is 0 Å². The summed E-state index contributed by atoms with van der Waals surface area (Å²) < 4.78 is 5.06. The molecule has 0 saturated carbocycles. The summed E-state index contributed by atoms with van der Waals surface area (Å²) in [6.45, 7) is 3.13. The van der Waals surface area contributed by atoms with Gasteiger partial charge in [-0.25, -0.2) is 4.79 Å². The summed E-state index contributed by atoms with van der Waals surface area (Å²) in [7, 11) is 1.66. The van der Waals surface area contributed by atoms with Crippen LogP contribution in [-0.2, 0) is 4.74 Å². The Hall–Kier alpha value is -1.75. The lowest BCUT2D eigenvalue weighted by Crippen LogP contribution is -2.36. The van der Waals surface area contributed by atoms with Crippen LogP contribution in [0.4, 0.5) is 11.4 Å². The molecule has 1 aliphatic heterocycles. The third-order valence-electron chi connectivity index (χ3n) is 2.85. The first-order chi connectivity index (χ1) is 8.22. The maximum absolute atomic E-state index is 10.9. The van der Waals surface area contributed by atoms with E-state index in [0.29, 0.717) is 12.2 Å². The Morgan fingerprint density at radius 2 is 2.41 bits per heavy atom. The second-order valence-corrected chi connectivity index (χ2v) is 3.94. The molecule has 0 spiro atoms. The number of hydrogen-bond acceptors (Lipinski definition) is 4. The molecule has 0 fully saturated rings. The van der Waals surface area contributed by atoms with Crippen molar-refractivity contribution in [2.45, 2.75) is 0 Å². The standard InChI is InChI=1S/C12H16N2O3/c1-17-7-6-14-5-4-13-10-3-2-9(12(15)16)8-11(10)14/h2-3,8,13H,4-7H2,1H3,(H,15,16). The monoisotopic (exact) mass is 236 g/mol. The van der Waals surface area contributed by atoms with E-state index in [2.05, 4.69) is 10.2 Å². The Balaban J connectivity index is 2.27. The molecule has 5 heteroatoms. The second-order valence-electron chi connectivity index (χ2n) is 3.94. The van der Waals surface area contributed by atoms with E-state index in [1.54, 1.807) is 19.2 Å². The molecule has 0 aliphatic carbocycles. The van der Waals surface area contributed by atoms with Gasteiger partial charge < -0.3 is 20.1 Å². The van der Waals surface area contributed by atoms with Crippen LogP contribution < -0.4 is 10.2 Å². The number of nitrogens with one attached hydrogen (secondary N) is 1. The van der Waals surface area contributed by atoms with Crippen molar-refractivity contribution in [2.75, 3.05) is 43.6 Å². The third kappa shape index (κ3) is 2.50. The average molecular weight is 236 g/mol. The molecule has 0 atom stereocenters. The molecule has 1 aliphatic rings. The molecule has 5 nitrogen and oxygen atoms in total. The van der Waals surface area contributed by atoms with Crippen molar-refractivity contribution >= 4 is 17.3 Å². The van der Waals surface area contributed by atoms with Crippen LogP contribution in [0.1, 0.15) is 10.4 Å². The van der Waals surface area contributed by atoms with E-state index in [9.17, 15) is 4.79 Å². The van der Waals surface area contributed by atoms with Crippen LogP contribution in [0.5, 0.6) is 0 Å². The SMILES string of the molecule is COCCN1CCNc2ccc(C(=O)O)cc21. The molecule has 0 bridgehead atoms. The molecule has 1 aromatic carbocycles. The first-order valence-electron chi connectivity index (χ1n) is 5.57. The number of carboxylic acid groups (broad SMARTS) is 1. The van der Waals surface area contributed by atoms with E-state index in [-0.39, 0.29) is 0 Å². The highest BCUT2D eigenvalue weighted by Gasteiger charge is 2.17. The van der Waals surface area contributed by atoms with Crippen molar-refractivity contribution in [2.24, 2.45) is 0 Å². The summed E-state index contributed by atoms with van der Waals surface area (Å²) in [5.74, 6) is -0.898. The van der Waals surface area contributed by atoms with Gasteiger partial charge in [0, 0.05) is 26.7 Å². The lowest BCUT2D eigenvalue weighted by atomic mass is 10.1. The Labute approximate surface area is 100.0 Å². The Kier molecular flexibility index (Phi) is 3.49. The molecule has 0 radical (unpaired) electrons. The molecule has 2 N–H and O–H groups in total. The first kappa shape index (κ1) is 11.7. The maximum atomic E-state index is 10.9. The summed E-state index contributed by atoms with van der Waals surface area (Å²) in [5, 5.41) is 12.2. The fourth-order valence-corrected chi connectivity index (χ4v) is 1.96. The zero-order valence-corrected chi connectivity index (χ0v) is 9.77. The summed E-state index contributed by atoms with van der Waals surface area (Å²) in [5.41, 5.74) is 2.24.